The lowest BCUT2D eigenvalue weighted by molar-refractivity contribution is -0.118. The summed E-state index contributed by atoms with van der Waals surface area (Å²) in [5.41, 5.74) is 0.311. The van der Waals surface area contributed by atoms with Gasteiger partial charge in [0.1, 0.15) is 12.4 Å². The van der Waals surface area contributed by atoms with Crippen LogP contribution in [-0.4, -0.2) is 21.4 Å². The van der Waals surface area contributed by atoms with Crippen LogP contribution in [0.1, 0.15) is 5.69 Å². The third-order valence-electron chi connectivity index (χ3n) is 3.82. The molecule has 0 saturated carbocycles. The normalized spacial score (nSPS) is 10.5. The van der Waals surface area contributed by atoms with E-state index in [9.17, 15) is 14.0 Å². The second kappa shape index (κ2) is 8.52. The van der Waals surface area contributed by atoms with E-state index < -0.39 is 0 Å². The molecule has 1 heterocycles. The molecule has 2 aromatic carbocycles. The van der Waals surface area contributed by atoms with Gasteiger partial charge in [-0.25, -0.2) is 9.07 Å². The average molecular weight is 381 g/mol. The summed E-state index contributed by atoms with van der Waals surface area (Å²) in [6.07, 6.45) is 5.30. The van der Waals surface area contributed by atoms with Crippen molar-refractivity contribution >= 4 is 28.4 Å². The van der Waals surface area contributed by atoms with Gasteiger partial charge in [0, 0.05) is 10.3 Å². The Kier molecular flexibility index (Phi) is 5.89. The number of rotatable bonds is 6. The maximum absolute atomic E-state index is 12.9. The van der Waals surface area contributed by atoms with Crippen molar-refractivity contribution in [2.45, 2.75) is 18.0 Å². The number of nitrogens with zero attached hydrogens (tertiary/aromatic N) is 2. The summed E-state index contributed by atoms with van der Waals surface area (Å²) in [5.74, 6) is 2.09. The van der Waals surface area contributed by atoms with E-state index in [0.717, 1.165) is 4.90 Å². The predicted molar refractivity (Wildman–Crippen MR) is 104 cm³/mol. The number of aromatic nitrogens is 2. The zero-order valence-electron chi connectivity index (χ0n) is 14.3. The van der Waals surface area contributed by atoms with Crippen LogP contribution in [0.5, 0.6) is 0 Å². The monoisotopic (exact) mass is 381 g/mol. The van der Waals surface area contributed by atoms with E-state index in [1.807, 2.05) is 6.07 Å². The summed E-state index contributed by atoms with van der Waals surface area (Å²) in [7, 11) is 0. The molecule has 0 atom stereocenters. The Labute approximate surface area is 159 Å². The third-order valence-corrected chi connectivity index (χ3v) is 4.83. The van der Waals surface area contributed by atoms with E-state index in [1.54, 1.807) is 30.3 Å². The number of halogens is 1. The van der Waals surface area contributed by atoms with Crippen molar-refractivity contribution in [3.8, 4) is 12.3 Å². The molecule has 3 rings (SSSR count). The van der Waals surface area contributed by atoms with Gasteiger partial charge in [0.2, 0.25) is 5.91 Å². The molecule has 1 amide bonds. The second-order valence-electron chi connectivity index (χ2n) is 5.68. The topological polar surface area (TPSA) is 64.0 Å². The Hall–Kier alpha value is -3.11. The molecule has 1 aromatic heterocycles. The van der Waals surface area contributed by atoms with Crippen LogP contribution in [0, 0.1) is 18.2 Å². The Morgan fingerprint density at radius 3 is 2.59 bits per heavy atom. The first kappa shape index (κ1) is 18.7. The first-order valence-corrected chi connectivity index (χ1v) is 9.14. The lowest BCUT2D eigenvalue weighted by Crippen LogP contribution is -2.29. The maximum atomic E-state index is 12.9. The van der Waals surface area contributed by atoms with E-state index in [4.69, 9.17) is 6.42 Å². The van der Waals surface area contributed by atoms with Crippen LogP contribution in [0.3, 0.4) is 0 Å². The Morgan fingerprint density at radius 2 is 1.89 bits per heavy atom. The molecular weight excluding hydrogens is 365 g/mol. The molecule has 0 aliphatic rings. The van der Waals surface area contributed by atoms with Gasteiger partial charge >= 0.3 is 0 Å². The van der Waals surface area contributed by atoms with E-state index in [2.05, 4.69) is 16.3 Å². The Bertz CT molecular complexity index is 1070. The molecule has 0 bridgehead atoms. The van der Waals surface area contributed by atoms with Gasteiger partial charge in [0.25, 0.3) is 5.56 Å². The Morgan fingerprint density at radius 1 is 1.19 bits per heavy atom. The number of thioether (sulfide) groups is 1. The van der Waals surface area contributed by atoms with E-state index in [0.29, 0.717) is 16.5 Å². The second-order valence-corrected chi connectivity index (χ2v) is 6.73. The fraction of sp³-hybridized carbons (Fsp3) is 0.150. The highest BCUT2D eigenvalue weighted by Gasteiger charge is 2.11. The van der Waals surface area contributed by atoms with Crippen molar-refractivity contribution in [1.29, 1.82) is 0 Å². The van der Waals surface area contributed by atoms with Crippen molar-refractivity contribution in [3.63, 3.8) is 0 Å². The number of terminal acetylenes is 1. The van der Waals surface area contributed by atoms with E-state index in [1.165, 1.54) is 28.6 Å². The predicted octanol–water partition coefficient (Wildman–Crippen LogP) is 2.58. The molecule has 7 heteroatoms. The summed E-state index contributed by atoms with van der Waals surface area (Å²) < 4.78 is 14.1. The zero-order valence-corrected chi connectivity index (χ0v) is 15.1. The van der Waals surface area contributed by atoms with Crippen molar-refractivity contribution in [1.82, 2.24) is 15.1 Å². The first-order chi connectivity index (χ1) is 13.1. The summed E-state index contributed by atoms with van der Waals surface area (Å²) in [4.78, 5) is 25.3. The number of hydrogen-bond donors (Lipinski definition) is 1. The van der Waals surface area contributed by atoms with Gasteiger partial charge in [-0.3, -0.25) is 9.59 Å². The fourth-order valence-electron chi connectivity index (χ4n) is 2.54. The van der Waals surface area contributed by atoms with Crippen molar-refractivity contribution in [2.24, 2.45) is 0 Å². The van der Waals surface area contributed by atoms with Crippen molar-refractivity contribution in [3.05, 3.63) is 70.4 Å². The summed E-state index contributed by atoms with van der Waals surface area (Å²) in [6.45, 7) is 0.235. The molecule has 0 spiro atoms. The molecule has 27 heavy (non-hydrogen) atoms. The number of nitrogens with one attached hydrogen (secondary N) is 1. The number of carbonyl (C=O) groups is 1. The third kappa shape index (κ3) is 4.54. The molecule has 0 fully saturated rings. The molecule has 136 valence electrons. The highest BCUT2D eigenvalue weighted by Crippen LogP contribution is 2.18. The summed E-state index contributed by atoms with van der Waals surface area (Å²) in [5, 5.41) is 8.28. The SMILES string of the molecule is C#CCn1nc(CNC(=O)CSc2ccc(F)cc2)c2ccccc2c1=O. The Balaban J connectivity index is 1.71. The maximum Gasteiger partial charge on any atom is 0.275 e. The molecule has 0 aliphatic carbocycles. The quantitative estimate of drug-likeness (QED) is 0.527. The molecule has 0 aliphatic heterocycles. The highest BCUT2D eigenvalue weighted by atomic mass is 32.2. The van der Waals surface area contributed by atoms with Gasteiger partial charge in [0.15, 0.2) is 0 Å². The van der Waals surface area contributed by atoms with Crippen LogP contribution in [-0.2, 0) is 17.9 Å². The number of hydrogen-bond acceptors (Lipinski definition) is 4. The first-order valence-electron chi connectivity index (χ1n) is 8.16. The number of fused-ring (bicyclic) bond motifs is 1. The molecular formula is C20H16FN3O2S. The minimum Gasteiger partial charge on any atom is -0.350 e. The standard InChI is InChI=1S/C20H16FN3O2S/c1-2-11-24-20(26)17-6-4-3-5-16(17)18(23-24)12-22-19(25)13-27-15-9-7-14(21)8-10-15/h1,3-10H,11-13H2,(H,22,25). The highest BCUT2D eigenvalue weighted by molar-refractivity contribution is 8.00. The molecule has 5 nitrogen and oxygen atoms in total. The lowest BCUT2D eigenvalue weighted by Gasteiger charge is -2.10. The van der Waals surface area contributed by atoms with Gasteiger partial charge in [-0.05, 0) is 30.3 Å². The van der Waals surface area contributed by atoms with Gasteiger partial charge in [-0.1, -0.05) is 24.1 Å². The molecule has 0 unspecified atom stereocenters. The molecule has 1 N–H and O–H groups in total. The lowest BCUT2D eigenvalue weighted by atomic mass is 10.1. The van der Waals surface area contributed by atoms with Gasteiger partial charge in [-0.2, -0.15) is 5.10 Å². The zero-order chi connectivity index (χ0) is 19.2. The summed E-state index contributed by atoms with van der Waals surface area (Å²) >= 11 is 1.31. The summed E-state index contributed by atoms with van der Waals surface area (Å²) in [6, 6.07) is 13.0. The van der Waals surface area contributed by atoms with E-state index >= 15 is 0 Å². The average Bonchev–Trinajstić information content (AvgIpc) is 2.69. The molecule has 3 aromatic rings. The van der Waals surface area contributed by atoms with Crippen LogP contribution < -0.4 is 10.9 Å². The van der Waals surface area contributed by atoms with Gasteiger partial charge in [-0.15, -0.1) is 18.2 Å². The van der Waals surface area contributed by atoms with E-state index in [-0.39, 0.29) is 36.1 Å². The van der Waals surface area contributed by atoms with Crippen molar-refractivity contribution < 1.29 is 9.18 Å². The van der Waals surface area contributed by atoms with Crippen LogP contribution in [0.4, 0.5) is 4.39 Å². The van der Waals surface area contributed by atoms with Crippen LogP contribution in [0.25, 0.3) is 10.8 Å². The molecule has 0 saturated heterocycles. The number of amides is 1. The van der Waals surface area contributed by atoms with Crippen molar-refractivity contribution in [2.75, 3.05) is 5.75 Å². The fourth-order valence-corrected chi connectivity index (χ4v) is 3.27. The van der Waals surface area contributed by atoms with Gasteiger partial charge < -0.3 is 5.32 Å². The van der Waals surface area contributed by atoms with Gasteiger partial charge in [0.05, 0.1) is 23.4 Å². The number of carbonyl (C=O) groups excluding carboxylic acids is 1. The smallest absolute Gasteiger partial charge is 0.275 e. The minimum atomic E-state index is -0.316. The molecule has 0 radical (unpaired) electrons. The largest absolute Gasteiger partial charge is 0.350 e. The van der Waals surface area contributed by atoms with Crippen LogP contribution >= 0.6 is 11.8 Å². The van der Waals surface area contributed by atoms with Crippen LogP contribution in [0.15, 0.2) is 58.2 Å². The minimum absolute atomic E-state index is 0.0605. The number of benzene rings is 2. The van der Waals surface area contributed by atoms with Crippen LogP contribution in [0.2, 0.25) is 0 Å².